The minimum atomic E-state index is 0. The van der Waals surface area contributed by atoms with Gasteiger partial charge in [0, 0.05) is 30.8 Å². The van der Waals surface area contributed by atoms with Crippen LogP contribution in [0.2, 0.25) is 0 Å². The molecule has 140 valence electrons. The molecule has 2 aliphatic carbocycles. The summed E-state index contributed by atoms with van der Waals surface area (Å²) in [6.07, 6.45) is 17.7. The Morgan fingerprint density at radius 2 is 1.48 bits per heavy atom. The van der Waals surface area contributed by atoms with Crippen LogP contribution in [0, 0.1) is 69.6 Å². The molecule has 0 bridgehead atoms. The number of carbonyl (C=O) groups is 1. The van der Waals surface area contributed by atoms with E-state index in [1.165, 1.54) is 5.56 Å². The summed E-state index contributed by atoms with van der Waals surface area (Å²) in [7, 11) is 3.74. The summed E-state index contributed by atoms with van der Waals surface area (Å²) in [5, 5.41) is 0. The predicted octanol–water partition coefficient (Wildman–Crippen LogP) is 3.33. The monoisotopic (exact) mass is 403 g/mol. The van der Waals surface area contributed by atoms with E-state index in [4.69, 9.17) is 4.74 Å². The van der Waals surface area contributed by atoms with Gasteiger partial charge in [0.1, 0.15) is 11.5 Å². The van der Waals surface area contributed by atoms with E-state index >= 15 is 0 Å². The Kier molecular flexibility index (Phi) is 9.35. The van der Waals surface area contributed by atoms with E-state index in [9.17, 15) is 4.79 Å². The van der Waals surface area contributed by atoms with Crippen LogP contribution >= 0.6 is 0 Å². The van der Waals surface area contributed by atoms with Crippen LogP contribution in [0.25, 0.3) is 0 Å². The number of ether oxygens (including phenoxy) is 1. The molecule has 3 fully saturated rings. The Morgan fingerprint density at radius 1 is 0.926 bits per heavy atom. The average Bonchev–Trinajstić information content (AvgIpc) is 3.43. The molecule has 2 saturated carbocycles. The van der Waals surface area contributed by atoms with Gasteiger partial charge in [-0.1, -0.05) is 12.1 Å². The number of benzene rings is 1. The van der Waals surface area contributed by atoms with Crippen LogP contribution in [0.3, 0.4) is 0 Å². The zero-order valence-electron chi connectivity index (χ0n) is 15.7. The number of hydrogen-bond donors (Lipinski definition) is 0. The summed E-state index contributed by atoms with van der Waals surface area (Å²) in [4.78, 5) is 14.9. The van der Waals surface area contributed by atoms with Crippen molar-refractivity contribution in [2.75, 3.05) is 27.2 Å². The molecule has 0 aromatic heterocycles. The molecule has 1 aromatic carbocycles. The molecule has 0 N–H and O–H groups in total. The molecule has 0 amide bonds. The molecule has 3 nitrogen and oxygen atoms in total. The Morgan fingerprint density at radius 3 is 2.00 bits per heavy atom. The fourth-order valence-corrected chi connectivity index (χ4v) is 3.53. The van der Waals surface area contributed by atoms with Crippen molar-refractivity contribution in [2.24, 2.45) is 5.92 Å². The molecule has 4 rings (SSSR count). The maximum atomic E-state index is 12.7. The smallest absolute Gasteiger partial charge is 0.497 e. The first-order valence-electron chi connectivity index (χ1n) is 8.94. The van der Waals surface area contributed by atoms with Crippen molar-refractivity contribution >= 4 is 5.78 Å². The largest absolute Gasteiger partial charge is 2.00 e. The summed E-state index contributed by atoms with van der Waals surface area (Å²) >= 11 is 0. The second kappa shape index (κ2) is 11.2. The van der Waals surface area contributed by atoms with Gasteiger partial charge >= 0.3 is 17.1 Å². The van der Waals surface area contributed by atoms with Gasteiger partial charge in [0.25, 0.3) is 0 Å². The van der Waals surface area contributed by atoms with Gasteiger partial charge in [0.05, 0.1) is 7.11 Å². The molecule has 1 aromatic rings. The van der Waals surface area contributed by atoms with Crippen molar-refractivity contribution in [1.29, 1.82) is 0 Å². The normalized spacial score (nSPS) is 25.6. The number of methoxy groups -OCH3 is 1. The molecule has 2 unspecified atom stereocenters. The summed E-state index contributed by atoms with van der Waals surface area (Å²) < 4.78 is 5.21. The Balaban J connectivity index is 0.000000379. The van der Waals surface area contributed by atoms with Gasteiger partial charge in [-0.05, 0) is 82.5 Å². The van der Waals surface area contributed by atoms with Crippen LogP contribution in [-0.2, 0) is 21.9 Å². The number of hydrogen-bond acceptors (Lipinski definition) is 3. The maximum absolute atomic E-state index is 12.7. The molecule has 1 heterocycles. The topological polar surface area (TPSA) is 29.5 Å². The van der Waals surface area contributed by atoms with E-state index < -0.39 is 0 Å². The number of nitrogens with zero attached hydrogens (tertiary/aromatic N) is 1. The van der Waals surface area contributed by atoms with Gasteiger partial charge in [-0.3, -0.25) is 4.79 Å². The third-order valence-electron chi connectivity index (χ3n) is 4.89. The van der Waals surface area contributed by atoms with Crippen LogP contribution in [0.4, 0.5) is 0 Å². The van der Waals surface area contributed by atoms with Gasteiger partial charge in [0.2, 0.25) is 0 Å². The zero-order valence-corrected chi connectivity index (χ0v) is 16.8. The Hall–Kier alpha value is -0.831. The van der Waals surface area contributed by atoms with E-state index in [1.807, 2.05) is 69.9 Å². The van der Waals surface area contributed by atoms with Crippen LogP contribution < -0.4 is 4.74 Å². The van der Waals surface area contributed by atoms with Crippen molar-refractivity contribution in [3.8, 4) is 5.75 Å². The first-order chi connectivity index (χ1) is 12.7. The molecular formula is C23H25FeNO2+2. The first-order valence-corrected chi connectivity index (χ1v) is 8.94. The Labute approximate surface area is 175 Å². The number of carbonyl (C=O) groups excluding carboxylic acids is 1. The van der Waals surface area contributed by atoms with Crippen molar-refractivity contribution in [2.45, 2.75) is 5.92 Å². The molecule has 4 heteroatoms. The molecular weight excluding hydrogens is 378 g/mol. The molecule has 1 aliphatic heterocycles. The average molecular weight is 403 g/mol. The number of likely N-dealkylation sites (tertiary alicyclic amines) is 1. The minimum absolute atomic E-state index is 0. The van der Waals surface area contributed by atoms with Crippen LogP contribution in [0.5, 0.6) is 5.75 Å². The van der Waals surface area contributed by atoms with Crippen molar-refractivity contribution < 1.29 is 26.6 Å². The quantitative estimate of drug-likeness (QED) is 0.723. The van der Waals surface area contributed by atoms with Crippen molar-refractivity contribution in [3.05, 3.63) is 93.5 Å². The van der Waals surface area contributed by atoms with Gasteiger partial charge in [-0.15, -0.1) is 0 Å². The standard InChI is InChI=1S/C18H20NO2.C5H5.Fe/c1-19-11-16(13-7-9-15(21-2)10-8-13)17(12-19)18(20)14-5-3-4-6-14;1-2-4-5-3-1;/h3-10,16-17H,11-12H2,1-2H3;1-5H;/q;;+2. The number of ketones is 1. The molecule has 27 heavy (non-hydrogen) atoms. The molecule has 10 radical (unpaired) electrons. The summed E-state index contributed by atoms with van der Waals surface area (Å²) in [6, 6.07) is 8.09. The fourth-order valence-electron chi connectivity index (χ4n) is 3.53. The maximum Gasteiger partial charge on any atom is 2.00 e. The summed E-state index contributed by atoms with van der Waals surface area (Å²) in [5.74, 6) is 2.22. The third-order valence-corrected chi connectivity index (χ3v) is 4.89. The summed E-state index contributed by atoms with van der Waals surface area (Å²) in [6.45, 7) is 1.74. The fraction of sp³-hybridized carbons (Fsp3) is 0.261. The van der Waals surface area contributed by atoms with Gasteiger partial charge in [0.15, 0.2) is 0 Å². The molecule has 1 saturated heterocycles. The first kappa shape index (κ1) is 22.5. The van der Waals surface area contributed by atoms with E-state index in [2.05, 4.69) is 24.1 Å². The van der Waals surface area contributed by atoms with Gasteiger partial charge in [-0.2, -0.15) is 0 Å². The van der Waals surface area contributed by atoms with E-state index in [0.29, 0.717) is 0 Å². The van der Waals surface area contributed by atoms with Crippen molar-refractivity contribution in [1.82, 2.24) is 4.90 Å². The van der Waals surface area contributed by atoms with Crippen LogP contribution in [-0.4, -0.2) is 37.9 Å². The molecule has 2 atom stereocenters. The molecule has 3 aliphatic rings. The summed E-state index contributed by atoms with van der Waals surface area (Å²) in [5.41, 5.74) is 1.21. The Bertz CT molecular complexity index is 557. The second-order valence-electron chi connectivity index (χ2n) is 6.71. The number of Topliss-reactive ketones (excluding diaryl/α,β-unsaturated/α-hetero) is 1. The number of rotatable bonds is 4. The number of likely N-dealkylation sites (N-methyl/N-ethyl adjacent to an activating group) is 1. The molecule has 0 spiro atoms. The van der Waals surface area contributed by atoms with Crippen LogP contribution in [0.1, 0.15) is 11.5 Å². The second-order valence-corrected chi connectivity index (χ2v) is 6.71. The minimum Gasteiger partial charge on any atom is -0.497 e. The van der Waals surface area contributed by atoms with Crippen LogP contribution in [0.15, 0.2) is 24.3 Å². The van der Waals surface area contributed by atoms with E-state index in [1.54, 1.807) is 7.11 Å². The van der Waals surface area contributed by atoms with Gasteiger partial charge < -0.3 is 9.64 Å². The van der Waals surface area contributed by atoms with Gasteiger partial charge in [-0.25, -0.2) is 0 Å². The van der Waals surface area contributed by atoms with E-state index in [-0.39, 0.29) is 34.7 Å². The van der Waals surface area contributed by atoms with E-state index in [0.717, 1.165) is 24.8 Å². The zero-order chi connectivity index (χ0) is 18.4. The third kappa shape index (κ3) is 6.07. The SMILES string of the molecule is COc1ccc(C2CN(C)CC2C(=O)[C]2[CH][CH][CH][CH]2)cc1.[CH]1[CH][CH][CH][CH]1.[Fe+2]. The predicted molar refractivity (Wildman–Crippen MR) is 104 cm³/mol. The van der Waals surface area contributed by atoms with Crippen molar-refractivity contribution in [3.63, 3.8) is 0 Å².